The van der Waals surface area contributed by atoms with Crippen molar-refractivity contribution in [2.24, 2.45) is 5.92 Å². The van der Waals surface area contributed by atoms with Gasteiger partial charge in [0.1, 0.15) is 12.1 Å². The van der Waals surface area contributed by atoms with Crippen LogP contribution in [0.1, 0.15) is 36.7 Å². The summed E-state index contributed by atoms with van der Waals surface area (Å²) in [5, 5.41) is 7.39. The van der Waals surface area contributed by atoms with Crippen molar-refractivity contribution in [3.63, 3.8) is 0 Å². The molecule has 1 N–H and O–H groups in total. The van der Waals surface area contributed by atoms with E-state index in [0.29, 0.717) is 6.54 Å². The highest BCUT2D eigenvalue weighted by atomic mass is 16.2. The summed E-state index contributed by atoms with van der Waals surface area (Å²) in [6, 6.07) is 9.33. The number of benzene rings is 1. The van der Waals surface area contributed by atoms with Crippen molar-refractivity contribution in [2.75, 3.05) is 13.6 Å². The van der Waals surface area contributed by atoms with Crippen LogP contribution in [0.25, 0.3) is 5.69 Å². The van der Waals surface area contributed by atoms with Gasteiger partial charge >= 0.3 is 6.03 Å². The third-order valence-electron chi connectivity index (χ3n) is 6.25. The molecule has 1 aliphatic carbocycles. The topological polar surface area (TPSA) is 87.5 Å². The molecule has 1 atom stereocenters. The summed E-state index contributed by atoms with van der Waals surface area (Å²) in [7, 11) is 1.68. The molecule has 1 saturated heterocycles. The largest absolute Gasteiger partial charge is 0.340 e. The van der Waals surface area contributed by atoms with E-state index in [2.05, 4.69) is 10.4 Å². The van der Waals surface area contributed by atoms with Crippen LogP contribution in [0, 0.1) is 19.8 Å². The van der Waals surface area contributed by atoms with Crippen molar-refractivity contribution in [1.82, 2.24) is 24.9 Å². The van der Waals surface area contributed by atoms with Gasteiger partial charge in [-0.15, -0.1) is 0 Å². The van der Waals surface area contributed by atoms with Gasteiger partial charge in [0.25, 0.3) is 5.91 Å². The molecule has 2 fully saturated rings. The van der Waals surface area contributed by atoms with Gasteiger partial charge in [-0.25, -0.2) is 9.48 Å². The molecule has 158 valence electrons. The lowest BCUT2D eigenvalue weighted by molar-refractivity contribution is -0.138. The molecule has 1 aromatic carbocycles. The number of nitrogens with zero attached hydrogens (tertiary/aromatic N) is 4. The van der Waals surface area contributed by atoms with Crippen LogP contribution in [0.3, 0.4) is 0 Å². The minimum Gasteiger partial charge on any atom is -0.340 e. The molecule has 2 aliphatic rings. The summed E-state index contributed by atoms with van der Waals surface area (Å²) < 4.78 is 1.86. The van der Waals surface area contributed by atoms with E-state index in [0.717, 1.165) is 40.4 Å². The van der Waals surface area contributed by atoms with E-state index in [1.807, 2.05) is 48.9 Å². The van der Waals surface area contributed by atoms with E-state index in [1.165, 1.54) is 0 Å². The molecule has 30 heavy (non-hydrogen) atoms. The highest BCUT2D eigenvalue weighted by Gasteiger charge is 2.56. The number of urea groups is 1. The SMILES string of the molecule is Cc1nn(-c2ccccc2)c(C)c1CN(C)C(=O)CN1C(=O)NC(C)(C2CC2)C1=O. The first kappa shape index (κ1) is 20.1. The molecule has 2 heterocycles. The Hall–Kier alpha value is -3.16. The Morgan fingerprint density at radius 3 is 2.53 bits per heavy atom. The Labute approximate surface area is 175 Å². The van der Waals surface area contributed by atoms with Gasteiger partial charge in [0, 0.05) is 24.8 Å². The van der Waals surface area contributed by atoms with Gasteiger partial charge in [0.2, 0.25) is 5.91 Å². The molecule has 0 radical (unpaired) electrons. The molecule has 1 aliphatic heterocycles. The van der Waals surface area contributed by atoms with Crippen molar-refractivity contribution >= 4 is 17.8 Å². The van der Waals surface area contributed by atoms with Crippen LogP contribution in [-0.2, 0) is 16.1 Å². The molecule has 4 amide bonds. The van der Waals surface area contributed by atoms with Gasteiger partial charge in [-0.05, 0) is 51.7 Å². The first-order valence-electron chi connectivity index (χ1n) is 10.2. The zero-order valence-electron chi connectivity index (χ0n) is 17.8. The number of para-hydroxylation sites is 1. The predicted molar refractivity (Wildman–Crippen MR) is 111 cm³/mol. The van der Waals surface area contributed by atoms with Crippen LogP contribution in [0.15, 0.2) is 30.3 Å². The summed E-state index contributed by atoms with van der Waals surface area (Å²) in [5.41, 5.74) is 2.83. The fourth-order valence-electron chi connectivity index (χ4n) is 4.10. The van der Waals surface area contributed by atoms with Gasteiger partial charge in [-0.2, -0.15) is 5.10 Å². The average molecular weight is 409 g/mol. The van der Waals surface area contributed by atoms with Crippen molar-refractivity contribution in [1.29, 1.82) is 0 Å². The molecular weight excluding hydrogens is 382 g/mol. The Morgan fingerprint density at radius 1 is 1.23 bits per heavy atom. The fraction of sp³-hybridized carbons (Fsp3) is 0.455. The molecule has 1 saturated carbocycles. The number of carbonyl (C=O) groups excluding carboxylic acids is 3. The molecule has 2 aromatic rings. The monoisotopic (exact) mass is 409 g/mol. The first-order valence-corrected chi connectivity index (χ1v) is 10.2. The molecule has 4 rings (SSSR count). The highest BCUT2D eigenvalue weighted by molar-refractivity contribution is 6.09. The number of imide groups is 1. The smallest absolute Gasteiger partial charge is 0.325 e. The fourth-order valence-corrected chi connectivity index (χ4v) is 4.10. The van der Waals surface area contributed by atoms with E-state index in [9.17, 15) is 14.4 Å². The minimum atomic E-state index is -0.875. The molecule has 0 bridgehead atoms. The van der Waals surface area contributed by atoms with Gasteiger partial charge in [-0.1, -0.05) is 18.2 Å². The highest BCUT2D eigenvalue weighted by Crippen LogP contribution is 2.42. The Bertz CT molecular complexity index is 1010. The third kappa shape index (κ3) is 3.36. The van der Waals surface area contributed by atoms with Crippen LogP contribution in [-0.4, -0.2) is 56.6 Å². The van der Waals surface area contributed by atoms with E-state index >= 15 is 0 Å². The standard InChI is InChI=1S/C22H27N5O3/c1-14-18(15(2)27(24-14)17-8-6-5-7-9-17)12-25(4)19(28)13-26-20(29)22(3,16-10-11-16)23-21(26)30/h5-9,16H,10-13H2,1-4H3,(H,23,30). The van der Waals surface area contributed by atoms with E-state index in [-0.39, 0.29) is 24.3 Å². The Balaban J connectivity index is 1.46. The summed E-state index contributed by atoms with van der Waals surface area (Å²) in [4.78, 5) is 40.5. The number of carbonyl (C=O) groups is 3. The van der Waals surface area contributed by atoms with Gasteiger partial charge in [-0.3, -0.25) is 14.5 Å². The lowest BCUT2D eigenvalue weighted by Crippen LogP contribution is -2.47. The number of nitrogens with one attached hydrogen (secondary N) is 1. The number of aryl methyl sites for hydroxylation is 1. The van der Waals surface area contributed by atoms with Crippen LogP contribution < -0.4 is 5.32 Å². The Morgan fingerprint density at radius 2 is 1.90 bits per heavy atom. The van der Waals surface area contributed by atoms with Crippen molar-refractivity contribution < 1.29 is 14.4 Å². The third-order valence-corrected chi connectivity index (χ3v) is 6.25. The van der Waals surface area contributed by atoms with Crippen LogP contribution in [0.5, 0.6) is 0 Å². The van der Waals surface area contributed by atoms with E-state index in [4.69, 9.17) is 0 Å². The van der Waals surface area contributed by atoms with E-state index < -0.39 is 11.6 Å². The number of amides is 4. The zero-order chi connectivity index (χ0) is 21.6. The maximum Gasteiger partial charge on any atom is 0.325 e. The number of hydrogen-bond donors (Lipinski definition) is 1. The van der Waals surface area contributed by atoms with Gasteiger partial charge in [0.05, 0.1) is 11.4 Å². The average Bonchev–Trinajstić information content (AvgIpc) is 3.51. The molecule has 8 nitrogen and oxygen atoms in total. The molecular formula is C22H27N5O3. The summed E-state index contributed by atoms with van der Waals surface area (Å²) in [6.07, 6.45) is 1.85. The quantitative estimate of drug-likeness (QED) is 0.741. The molecule has 1 aromatic heterocycles. The predicted octanol–water partition coefficient (Wildman–Crippen LogP) is 2.17. The lowest BCUT2D eigenvalue weighted by atomic mass is 9.96. The second kappa shape index (κ2) is 7.27. The number of rotatable bonds is 6. The second-order valence-electron chi connectivity index (χ2n) is 8.44. The summed E-state index contributed by atoms with van der Waals surface area (Å²) >= 11 is 0. The van der Waals surface area contributed by atoms with Crippen molar-refractivity contribution in [2.45, 2.75) is 45.7 Å². The second-order valence-corrected chi connectivity index (χ2v) is 8.44. The zero-order valence-corrected chi connectivity index (χ0v) is 17.8. The maximum absolute atomic E-state index is 12.8. The minimum absolute atomic E-state index is 0.168. The summed E-state index contributed by atoms with van der Waals surface area (Å²) in [6.45, 7) is 5.74. The summed E-state index contributed by atoms with van der Waals surface area (Å²) in [5.74, 6) is -0.424. The Kier molecular flexibility index (Phi) is 4.88. The van der Waals surface area contributed by atoms with Crippen molar-refractivity contribution in [3.8, 4) is 5.69 Å². The normalized spacial score (nSPS) is 21.1. The maximum atomic E-state index is 12.8. The molecule has 1 unspecified atom stereocenters. The number of aromatic nitrogens is 2. The van der Waals surface area contributed by atoms with Crippen LogP contribution >= 0.6 is 0 Å². The number of likely N-dealkylation sites (N-methyl/N-ethyl adjacent to an activating group) is 1. The first-order chi connectivity index (χ1) is 14.2. The van der Waals surface area contributed by atoms with Crippen molar-refractivity contribution in [3.05, 3.63) is 47.3 Å². The van der Waals surface area contributed by atoms with Gasteiger partial charge in [0.15, 0.2) is 0 Å². The molecule has 8 heteroatoms. The van der Waals surface area contributed by atoms with Gasteiger partial charge < -0.3 is 10.2 Å². The van der Waals surface area contributed by atoms with E-state index in [1.54, 1.807) is 18.9 Å². The van der Waals surface area contributed by atoms with Crippen LogP contribution in [0.2, 0.25) is 0 Å². The lowest BCUT2D eigenvalue weighted by Gasteiger charge is -2.22. The van der Waals surface area contributed by atoms with Crippen LogP contribution in [0.4, 0.5) is 4.79 Å². The molecule has 0 spiro atoms. The number of hydrogen-bond acceptors (Lipinski definition) is 4.